The third-order valence-electron chi connectivity index (χ3n) is 4.46. The average Bonchev–Trinajstić information content (AvgIpc) is 2.74. The van der Waals surface area contributed by atoms with Gasteiger partial charge in [-0.15, -0.1) is 0 Å². The Hall–Kier alpha value is -2.98. The lowest BCUT2D eigenvalue weighted by atomic mass is 10.1. The molecule has 0 heterocycles. The third-order valence-corrected chi connectivity index (χ3v) is 5.89. The second kappa shape index (κ2) is 11.1. The lowest BCUT2D eigenvalue weighted by Gasteiger charge is -2.22. The summed E-state index contributed by atoms with van der Waals surface area (Å²) in [5, 5.41) is 3.05. The second-order valence-corrected chi connectivity index (χ2v) is 9.05. The van der Waals surface area contributed by atoms with E-state index in [0.29, 0.717) is 22.2 Å². The minimum atomic E-state index is -3.58. The molecule has 174 valence electrons. The van der Waals surface area contributed by atoms with Gasteiger partial charge in [0.05, 0.1) is 44.5 Å². The summed E-state index contributed by atoms with van der Waals surface area (Å²) < 4.78 is 40.8. The Morgan fingerprint density at radius 1 is 1.06 bits per heavy atom. The Labute approximate surface area is 192 Å². The highest BCUT2D eigenvalue weighted by atomic mass is 35.5. The topological polar surface area (TPSA) is 111 Å². The molecule has 0 spiro atoms. The van der Waals surface area contributed by atoms with Gasteiger partial charge in [-0.05, 0) is 24.6 Å². The molecule has 0 aromatic heterocycles. The van der Waals surface area contributed by atoms with Crippen LogP contribution in [0.3, 0.4) is 0 Å². The first-order chi connectivity index (χ1) is 15.1. The number of anilines is 2. The van der Waals surface area contributed by atoms with Crippen molar-refractivity contribution in [2.75, 3.05) is 43.8 Å². The number of halogens is 1. The fraction of sp³-hybridized carbons (Fsp3) is 0.333. The molecular weight excluding hydrogens is 460 g/mol. The number of carbonyl (C=O) groups excluding carboxylic acids is 2. The van der Waals surface area contributed by atoms with Gasteiger partial charge in [0.1, 0.15) is 0 Å². The maximum Gasteiger partial charge on any atom is 0.340 e. The van der Waals surface area contributed by atoms with Crippen molar-refractivity contribution in [2.24, 2.45) is 0 Å². The molecule has 0 saturated heterocycles. The molecule has 0 aliphatic carbocycles. The molecule has 9 nitrogen and oxygen atoms in total. The van der Waals surface area contributed by atoms with E-state index in [9.17, 15) is 18.0 Å². The number of methoxy groups -OCH3 is 3. The number of sulfonamides is 1. The van der Waals surface area contributed by atoms with E-state index in [2.05, 4.69) is 5.32 Å². The van der Waals surface area contributed by atoms with Crippen molar-refractivity contribution in [1.82, 2.24) is 0 Å². The van der Waals surface area contributed by atoms with Gasteiger partial charge < -0.3 is 19.5 Å². The molecule has 0 bridgehead atoms. The second-order valence-electron chi connectivity index (χ2n) is 6.71. The summed E-state index contributed by atoms with van der Waals surface area (Å²) in [6, 6.07) is 9.31. The number of rotatable bonds is 10. The first-order valence-corrected chi connectivity index (χ1v) is 11.7. The molecule has 32 heavy (non-hydrogen) atoms. The smallest absolute Gasteiger partial charge is 0.340 e. The fourth-order valence-corrected chi connectivity index (χ4v) is 4.12. The van der Waals surface area contributed by atoms with E-state index in [1.807, 2.05) is 0 Å². The Morgan fingerprint density at radius 2 is 1.72 bits per heavy atom. The molecule has 0 atom stereocenters. The molecule has 11 heteroatoms. The Morgan fingerprint density at radius 3 is 2.28 bits per heavy atom. The van der Waals surface area contributed by atoms with Crippen LogP contribution < -0.4 is 19.1 Å². The van der Waals surface area contributed by atoms with Crippen LogP contribution in [0.15, 0.2) is 36.4 Å². The van der Waals surface area contributed by atoms with E-state index in [1.165, 1.54) is 43.8 Å². The molecule has 0 aliphatic heterocycles. The van der Waals surface area contributed by atoms with Crippen LogP contribution in [-0.2, 0) is 19.6 Å². The molecule has 0 aliphatic rings. The van der Waals surface area contributed by atoms with Gasteiger partial charge in [0.2, 0.25) is 15.9 Å². The van der Waals surface area contributed by atoms with Gasteiger partial charge in [0.25, 0.3) is 0 Å². The number of amides is 1. The highest BCUT2D eigenvalue weighted by Crippen LogP contribution is 2.34. The molecule has 0 radical (unpaired) electrons. The summed E-state index contributed by atoms with van der Waals surface area (Å²) in [5.41, 5.74) is 0.692. The number of ether oxygens (including phenoxy) is 3. The summed E-state index contributed by atoms with van der Waals surface area (Å²) in [6.45, 7) is 0.0718. The van der Waals surface area contributed by atoms with Gasteiger partial charge >= 0.3 is 5.97 Å². The largest absolute Gasteiger partial charge is 0.493 e. The molecule has 0 unspecified atom stereocenters. The molecule has 2 aromatic carbocycles. The van der Waals surface area contributed by atoms with E-state index < -0.39 is 21.9 Å². The zero-order valence-corrected chi connectivity index (χ0v) is 19.7. The van der Waals surface area contributed by atoms with Gasteiger partial charge in [0, 0.05) is 30.1 Å². The fourth-order valence-electron chi connectivity index (χ4n) is 2.97. The predicted octanol–water partition coefficient (Wildman–Crippen LogP) is 3.33. The Kier molecular flexibility index (Phi) is 8.73. The molecule has 1 amide bonds. The van der Waals surface area contributed by atoms with Crippen LogP contribution >= 0.6 is 11.6 Å². The number of nitrogens with one attached hydrogen (secondary N) is 1. The van der Waals surface area contributed by atoms with Crippen molar-refractivity contribution in [3.05, 3.63) is 47.0 Å². The van der Waals surface area contributed by atoms with E-state index in [-0.39, 0.29) is 30.6 Å². The van der Waals surface area contributed by atoms with Gasteiger partial charge in [-0.1, -0.05) is 17.7 Å². The number of hydrogen-bond acceptors (Lipinski definition) is 7. The Bertz CT molecular complexity index is 1090. The summed E-state index contributed by atoms with van der Waals surface area (Å²) >= 11 is 5.97. The minimum absolute atomic E-state index is 0.00153. The van der Waals surface area contributed by atoms with Crippen LogP contribution in [0.5, 0.6) is 11.5 Å². The van der Waals surface area contributed by atoms with Gasteiger partial charge in [-0.2, -0.15) is 0 Å². The van der Waals surface area contributed by atoms with Crippen molar-refractivity contribution in [1.29, 1.82) is 0 Å². The van der Waals surface area contributed by atoms with Gasteiger partial charge in [-0.3, -0.25) is 9.10 Å². The number of benzene rings is 2. The summed E-state index contributed by atoms with van der Waals surface area (Å²) in [4.78, 5) is 24.7. The van der Waals surface area contributed by atoms with Crippen molar-refractivity contribution in [2.45, 2.75) is 12.8 Å². The highest BCUT2D eigenvalue weighted by molar-refractivity contribution is 7.92. The van der Waals surface area contributed by atoms with Crippen molar-refractivity contribution in [3.8, 4) is 11.5 Å². The first kappa shape index (κ1) is 25.3. The molecule has 2 rings (SSSR count). The SMILES string of the molecule is COC(=O)c1cc(OC)c(OC)cc1NC(=O)CCCN(c1cccc(Cl)c1)S(C)(=O)=O. The predicted molar refractivity (Wildman–Crippen MR) is 122 cm³/mol. The molecule has 2 aromatic rings. The van der Waals surface area contributed by atoms with Crippen LogP contribution in [0.2, 0.25) is 5.02 Å². The van der Waals surface area contributed by atoms with E-state index >= 15 is 0 Å². The van der Waals surface area contributed by atoms with Crippen LogP contribution in [0, 0.1) is 0 Å². The quantitative estimate of drug-likeness (QED) is 0.515. The first-order valence-electron chi connectivity index (χ1n) is 9.48. The summed E-state index contributed by atoms with van der Waals surface area (Å²) in [5.74, 6) is -0.455. The highest BCUT2D eigenvalue weighted by Gasteiger charge is 2.21. The number of hydrogen-bond donors (Lipinski definition) is 1. The maximum atomic E-state index is 12.5. The Balaban J connectivity index is 2.14. The normalized spacial score (nSPS) is 10.9. The maximum absolute atomic E-state index is 12.5. The number of esters is 1. The van der Waals surface area contributed by atoms with Gasteiger partial charge in [0.15, 0.2) is 11.5 Å². The summed E-state index contributed by atoms with van der Waals surface area (Å²) in [6.07, 6.45) is 1.31. The number of carbonyl (C=O) groups is 2. The van der Waals surface area contributed by atoms with Crippen LogP contribution in [0.4, 0.5) is 11.4 Å². The van der Waals surface area contributed by atoms with E-state index in [0.717, 1.165) is 6.26 Å². The standard InChI is InChI=1S/C21H25ClN2O7S/c1-29-18-12-16(21(26)31-3)17(13-19(18)30-2)23-20(25)9-6-10-24(32(4,27)28)15-8-5-7-14(22)11-15/h5,7-8,11-13H,6,9-10H2,1-4H3,(H,23,25). The van der Waals surface area contributed by atoms with E-state index in [1.54, 1.807) is 18.2 Å². The van der Waals surface area contributed by atoms with Crippen molar-refractivity contribution in [3.63, 3.8) is 0 Å². The van der Waals surface area contributed by atoms with Crippen LogP contribution in [0.25, 0.3) is 0 Å². The minimum Gasteiger partial charge on any atom is -0.493 e. The monoisotopic (exact) mass is 484 g/mol. The molecule has 0 fully saturated rings. The third kappa shape index (κ3) is 6.51. The van der Waals surface area contributed by atoms with Crippen LogP contribution in [0.1, 0.15) is 23.2 Å². The van der Waals surface area contributed by atoms with E-state index in [4.69, 9.17) is 25.8 Å². The molecule has 1 N–H and O–H groups in total. The van der Waals surface area contributed by atoms with Gasteiger partial charge in [-0.25, -0.2) is 13.2 Å². The van der Waals surface area contributed by atoms with Crippen LogP contribution in [-0.4, -0.2) is 54.4 Å². The number of nitrogens with zero attached hydrogens (tertiary/aromatic N) is 1. The zero-order chi connectivity index (χ0) is 23.9. The molecule has 0 saturated carbocycles. The lowest BCUT2D eigenvalue weighted by molar-refractivity contribution is -0.116. The van der Waals surface area contributed by atoms with Crippen molar-refractivity contribution >= 4 is 44.9 Å². The molecular formula is C21H25ClN2O7S. The lowest BCUT2D eigenvalue weighted by Crippen LogP contribution is -2.31. The van der Waals surface area contributed by atoms with Crippen molar-refractivity contribution < 1.29 is 32.2 Å². The summed E-state index contributed by atoms with van der Waals surface area (Å²) in [7, 11) is 0.493. The zero-order valence-electron chi connectivity index (χ0n) is 18.2. The average molecular weight is 485 g/mol.